The molecule has 1 aromatic carbocycles. The fourth-order valence-corrected chi connectivity index (χ4v) is 3.29. The molecule has 0 unspecified atom stereocenters. The predicted octanol–water partition coefficient (Wildman–Crippen LogP) is 3.25. The van der Waals surface area contributed by atoms with Crippen molar-refractivity contribution in [2.75, 3.05) is 13.1 Å². The van der Waals surface area contributed by atoms with Crippen LogP contribution in [0.2, 0.25) is 0 Å². The van der Waals surface area contributed by atoms with E-state index in [1.807, 2.05) is 39.0 Å². The van der Waals surface area contributed by atoms with Crippen molar-refractivity contribution in [3.8, 4) is 5.75 Å². The second-order valence-corrected chi connectivity index (χ2v) is 7.94. The zero-order chi connectivity index (χ0) is 16.1. The number of aliphatic hydroxyl groups is 1. The van der Waals surface area contributed by atoms with E-state index < -0.39 is 17.3 Å². The van der Waals surface area contributed by atoms with Crippen LogP contribution in [0.5, 0.6) is 5.75 Å². The summed E-state index contributed by atoms with van der Waals surface area (Å²) in [4.78, 5) is 13.6. The second kappa shape index (κ2) is 5.13. The predicted molar refractivity (Wildman–Crippen MR) is 84.9 cm³/mol. The molecule has 1 saturated heterocycles. The lowest BCUT2D eigenvalue weighted by Gasteiger charge is -2.52. The van der Waals surface area contributed by atoms with E-state index in [-0.39, 0.29) is 6.09 Å². The van der Waals surface area contributed by atoms with Crippen LogP contribution >= 0.6 is 15.9 Å². The summed E-state index contributed by atoms with van der Waals surface area (Å²) in [5, 5.41) is 10.4. The maximum Gasteiger partial charge on any atom is 0.410 e. The zero-order valence-electron chi connectivity index (χ0n) is 12.9. The van der Waals surface area contributed by atoms with Gasteiger partial charge in [-0.2, -0.15) is 0 Å². The van der Waals surface area contributed by atoms with Gasteiger partial charge in [0.05, 0.1) is 19.2 Å². The molecule has 3 rings (SSSR count). The summed E-state index contributed by atoms with van der Waals surface area (Å²) >= 11 is 3.40. The molecule has 6 heteroatoms. The minimum absolute atomic E-state index is 0.335. The minimum Gasteiger partial charge on any atom is -0.483 e. The first-order chi connectivity index (χ1) is 10.2. The summed E-state index contributed by atoms with van der Waals surface area (Å²) in [6.07, 6.45) is -0.435. The van der Waals surface area contributed by atoms with E-state index in [1.54, 1.807) is 4.90 Å². The maximum absolute atomic E-state index is 12.0. The number of hydrogen-bond acceptors (Lipinski definition) is 4. The van der Waals surface area contributed by atoms with Crippen molar-refractivity contribution < 1.29 is 19.4 Å². The van der Waals surface area contributed by atoms with Crippen LogP contribution in [-0.4, -0.2) is 40.4 Å². The van der Waals surface area contributed by atoms with Gasteiger partial charge in [-0.3, -0.25) is 0 Å². The molecular formula is C16H20BrNO4. The average molecular weight is 370 g/mol. The zero-order valence-corrected chi connectivity index (χ0v) is 14.5. The van der Waals surface area contributed by atoms with Gasteiger partial charge in [0.25, 0.3) is 0 Å². The van der Waals surface area contributed by atoms with Gasteiger partial charge in [-0.1, -0.05) is 15.9 Å². The largest absolute Gasteiger partial charge is 0.483 e. The fourth-order valence-electron chi connectivity index (χ4n) is 2.91. The number of amides is 1. The summed E-state index contributed by atoms with van der Waals surface area (Å²) in [6.45, 7) is 6.41. The Morgan fingerprint density at radius 2 is 2.14 bits per heavy atom. The molecule has 1 fully saturated rings. The first-order valence-corrected chi connectivity index (χ1v) is 8.11. The highest BCUT2D eigenvalue weighted by molar-refractivity contribution is 9.10. The summed E-state index contributed by atoms with van der Waals surface area (Å²) in [6, 6.07) is 5.60. The van der Waals surface area contributed by atoms with Crippen LogP contribution < -0.4 is 4.74 Å². The Kier molecular flexibility index (Phi) is 3.64. The molecule has 22 heavy (non-hydrogen) atoms. The van der Waals surface area contributed by atoms with Gasteiger partial charge in [0.15, 0.2) is 0 Å². The van der Waals surface area contributed by atoms with Gasteiger partial charge in [-0.25, -0.2) is 4.79 Å². The van der Waals surface area contributed by atoms with Crippen molar-refractivity contribution in [1.29, 1.82) is 0 Å². The quantitative estimate of drug-likeness (QED) is 0.762. The third-order valence-electron chi connectivity index (χ3n) is 3.83. The van der Waals surface area contributed by atoms with E-state index in [1.165, 1.54) is 0 Å². The molecule has 0 bridgehead atoms. The van der Waals surface area contributed by atoms with E-state index >= 15 is 0 Å². The lowest BCUT2D eigenvalue weighted by Crippen LogP contribution is -2.68. The second-order valence-electron chi connectivity index (χ2n) is 7.02. The smallest absolute Gasteiger partial charge is 0.410 e. The number of fused-ring (bicyclic) bond motifs is 1. The summed E-state index contributed by atoms with van der Waals surface area (Å²) in [5.74, 6) is 0.686. The maximum atomic E-state index is 12.0. The van der Waals surface area contributed by atoms with Crippen LogP contribution in [0, 0.1) is 0 Å². The van der Waals surface area contributed by atoms with E-state index in [4.69, 9.17) is 9.47 Å². The number of likely N-dealkylation sites (tertiary alicyclic amines) is 1. The van der Waals surface area contributed by atoms with Gasteiger partial charge in [0.1, 0.15) is 17.0 Å². The van der Waals surface area contributed by atoms with Crippen molar-refractivity contribution in [2.24, 2.45) is 0 Å². The lowest BCUT2D eigenvalue weighted by atomic mass is 9.83. The number of rotatable bonds is 0. The van der Waals surface area contributed by atoms with Crippen LogP contribution in [0.3, 0.4) is 0 Å². The third kappa shape index (κ3) is 2.94. The molecule has 0 saturated carbocycles. The molecule has 0 aliphatic carbocycles. The van der Waals surface area contributed by atoms with Crippen LogP contribution in [0.4, 0.5) is 4.79 Å². The van der Waals surface area contributed by atoms with Crippen LogP contribution in [0.1, 0.15) is 38.9 Å². The molecule has 1 amide bonds. The van der Waals surface area contributed by atoms with Crippen molar-refractivity contribution in [3.05, 3.63) is 28.2 Å². The third-order valence-corrected chi connectivity index (χ3v) is 4.33. The summed E-state index contributed by atoms with van der Waals surface area (Å²) in [7, 11) is 0. The highest BCUT2D eigenvalue weighted by Gasteiger charge is 2.52. The fraction of sp³-hybridized carbons (Fsp3) is 0.562. The molecule has 1 aromatic rings. The molecule has 1 spiro atoms. The standard InChI is InChI=1S/C16H20BrNO4/c1-15(2,3)22-14(20)18-8-16(9-18)7-12(19)11-6-10(17)4-5-13(11)21-16/h4-6,12,19H,7-9H2,1-3H3/t12-/m1/s1. The molecule has 2 heterocycles. The van der Waals surface area contributed by atoms with E-state index in [2.05, 4.69) is 15.9 Å². The van der Waals surface area contributed by atoms with Crippen molar-refractivity contribution in [2.45, 2.75) is 44.5 Å². The number of ether oxygens (including phenoxy) is 2. The number of halogens is 1. The number of hydrogen-bond donors (Lipinski definition) is 1. The Bertz CT molecular complexity index is 605. The van der Waals surface area contributed by atoms with Gasteiger partial charge in [0, 0.05) is 16.5 Å². The normalized spacial score (nSPS) is 22.6. The number of aliphatic hydroxyl groups excluding tert-OH is 1. The Hall–Kier alpha value is -1.27. The molecule has 0 aromatic heterocycles. The molecule has 120 valence electrons. The number of carbonyl (C=O) groups is 1. The minimum atomic E-state index is -0.581. The van der Waals surface area contributed by atoms with Gasteiger partial charge >= 0.3 is 6.09 Å². The topological polar surface area (TPSA) is 59.0 Å². The van der Waals surface area contributed by atoms with Gasteiger partial charge < -0.3 is 19.5 Å². The lowest BCUT2D eigenvalue weighted by molar-refractivity contribution is -0.114. The van der Waals surface area contributed by atoms with Gasteiger partial charge in [0.2, 0.25) is 0 Å². The summed E-state index contributed by atoms with van der Waals surface area (Å²) < 4.78 is 12.3. The Morgan fingerprint density at radius 1 is 1.45 bits per heavy atom. The first-order valence-electron chi connectivity index (χ1n) is 7.32. The van der Waals surface area contributed by atoms with Crippen LogP contribution in [-0.2, 0) is 4.74 Å². The molecule has 5 nitrogen and oxygen atoms in total. The van der Waals surface area contributed by atoms with E-state index in [9.17, 15) is 9.90 Å². The van der Waals surface area contributed by atoms with Crippen LogP contribution in [0.15, 0.2) is 22.7 Å². The number of carbonyl (C=O) groups excluding carboxylic acids is 1. The van der Waals surface area contributed by atoms with E-state index in [0.29, 0.717) is 25.3 Å². The van der Waals surface area contributed by atoms with Crippen molar-refractivity contribution in [1.82, 2.24) is 4.90 Å². The van der Waals surface area contributed by atoms with Gasteiger partial charge in [-0.15, -0.1) is 0 Å². The molecule has 2 aliphatic rings. The average Bonchev–Trinajstić information content (AvgIpc) is 2.34. The van der Waals surface area contributed by atoms with Gasteiger partial charge in [-0.05, 0) is 39.0 Å². The first kappa shape index (κ1) is 15.6. The highest BCUT2D eigenvalue weighted by atomic mass is 79.9. The highest BCUT2D eigenvalue weighted by Crippen LogP contribution is 2.44. The van der Waals surface area contributed by atoms with Crippen molar-refractivity contribution in [3.63, 3.8) is 0 Å². The van der Waals surface area contributed by atoms with E-state index in [0.717, 1.165) is 10.0 Å². The Labute approximate surface area is 138 Å². The van der Waals surface area contributed by atoms with Crippen molar-refractivity contribution >= 4 is 22.0 Å². The molecule has 1 atom stereocenters. The molecule has 2 aliphatic heterocycles. The van der Waals surface area contributed by atoms with Crippen LogP contribution in [0.25, 0.3) is 0 Å². The number of nitrogens with zero attached hydrogens (tertiary/aromatic N) is 1. The molecule has 1 N–H and O–H groups in total. The Morgan fingerprint density at radius 3 is 2.77 bits per heavy atom. The molecular weight excluding hydrogens is 350 g/mol. The summed E-state index contributed by atoms with van der Waals surface area (Å²) in [5.41, 5.74) is -0.223. The SMILES string of the molecule is CC(C)(C)OC(=O)N1CC2(C[C@@H](O)c3cc(Br)ccc3O2)C1. The monoisotopic (exact) mass is 369 g/mol. The Balaban J connectivity index is 1.69. The molecule has 0 radical (unpaired) electrons. The number of benzene rings is 1.